The van der Waals surface area contributed by atoms with Crippen molar-refractivity contribution in [1.82, 2.24) is 5.32 Å². The van der Waals surface area contributed by atoms with Gasteiger partial charge in [-0.05, 0) is 43.2 Å². The lowest BCUT2D eigenvalue weighted by molar-refractivity contribution is -0.131. The first kappa shape index (κ1) is 15.8. The van der Waals surface area contributed by atoms with Crippen LogP contribution in [0.5, 0.6) is 0 Å². The Morgan fingerprint density at radius 3 is 2.64 bits per heavy atom. The average molecular weight is 323 g/mol. The minimum Gasteiger partial charge on any atom is -0.381 e. The molecule has 0 spiro atoms. The number of amides is 1. The van der Waals surface area contributed by atoms with E-state index in [0.29, 0.717) is 43.5 Å². The maximum Gasteiger partial charge on any atom is 0.231 e. The van der Waals surface area contributed by atoms with Crippen molar-refractivity contribution in [2.24, 2.45) is 11.7 Å². The first-order chi connectivity index (χ1) is 10.7. The maximum absolute atomic E-state index is 13.1. The van der Waals surface area contributed by atoms with Crippen molar-refractivity contribution < 1.29 is 9.53 Å². The third kappa shape index (κ3) is 3.00. The Kier molecular flexibility index (Phi) is 4.71. The lowest BCUT2D eigenvalue weighted by atomic mass is 9.73. The van der Waals surface area contributed by atoms with E-state index in [1.807, 2.05) is 24.3 Å². The summed E-state index contributed by atoms with van der Waals surface area (Å²) in [5, 5.41) is 3.84. The number of nitrogens with one attached hydrogen (secondary N) is 1. The van der Waals surface area contributed by atoms with E-state index >= 15 is 0 Å². The number of rotatable bonds is 5. The van der Waals surface area contributed by atoms with Gasteiger partial charge in [0, 0.05) is 30.8 Å². The summed E-state index contributed by atoms with van der Waals surface area (Å²) >= 11 is 6.39. The van der Waals surface area contributed by atoms with Crippen LogP contribution in [-0.4, -0.2) is 31.7 Å². The van der Waals surface area contributed by atoms with Crippen LogP contribution in [0.15, 0.2) is 24.3 Å². The molecule has 1 atom stereocenters. The molecule has 4 nitrogen and oxygen atoms in total. The van der Waals surface area contributed by atoms with Gasteiger partial charge in [-0.3, -0.25) is 4.79 Å². The number of hydrogen-bond donors (Lipinski definition) is 2. The topological polar surface area (TPSA) is 64.3 Å². The second-order valence-corrected chi connectivity index (χ2v) is 6.73. The Labute approximate surface area is 136 Å². The molecule has 22 heavy (non-hydrogen) atoms. The van der Waals surface area contributed by atoms with Gasteiger partial charge >= 0.3 is 0 Å². The summed E-state index contributed by atoms with van der Waals surface area (Å²) in [7, 11) is 0. The average Bonchev–Trinajstić information content (AvgIpc) is 3.38. The van der Waals surface area contributed by atoms with Gasteiger partial charge in [0.2, 0.25) is 5.91 Å². The van der Waals surface area contributed by atoms with Crippen LogP contribution in [0.2, 0.25) is 5.02 Å². The van der Waals surface area contributed by atoms with Gasteiger partial charge in [0.15, 0.2) is 0 Å². The van der Waals surface area contributed by atoms with Crippen LogP contribution in [0.4, 0.5) is 0 Å². The van der Waals surface area contributed by atoms with Crippen LogP contribution < -0.4 is 11.1 Å². The van der Waals surface area contributed by atoms with Crippen LogP contribution >= 0.6 is 11.6 Å². The van der Waals surface area contributed by atoms with Gasteiger partial charge in [-0.15, -0.1) is 0 Å². The highest BCUT2D eigenvalue weighted by Crippen LogP contribution is 2.40. The van der Waals surface area contributed by atoms with Gasteiger partial charge in [0.25, 0.3) is 0 Å². The molecule has 0 bridgehead atoms. The molecule has 1 amide bonds. The van der Waals surface area contributed by atoms with Gasteiger partial charge in [-0.1, -0.05) is 29.8 Å². The van der Waals surface area contributed by atoms with Crippen LogP contribution in [0.1, 0.15) is 31.2 Å². The maximum atomic E-state index is 13.1. The van der Waals surface area contributed by atoms with Crippen molar-refractivity contribution in [3.8, 4) is 0 Å². The summed E-state index contributed by atoms with van der Waals surface area (Å²) in [5.74, 6) is 0.586. The van der Waals surface area contributed by atoms with Crippen molar-refractivity contribution >= 4 is 17.5 Å². The van der Waals surface area contributed by atoms with E-state index in [0.717, 1.165) is 18.4 Å². The van der Waals surface area contributed by atoms with Gasteiger partial charge in [0.05, 0.1) is 5.41 Å². The van der Waals surface area contributed by atoms with Gasteiger partial charge in [-0.2, -0.15) is 0 Å². The summed E-state index contributed by atoms with van der Waals surface area (Å²) in [6.45, 7) is 1.65. The highest BCUT2D eigenvalue weighted by Gasteiger charge is 2.44. The number of benzene rings is 1. The number of carbonyl (C=O) groups is 1. The molecule has 1 heterocycles. The molecule has 1 saturated heterocycles. The number of hydrogen-bond acceptors (Lipinski definition) is 3. The Morgan fingerprint density at radius 1 is 1.36 bits per heavy atom. The van der Waals surface area contributed by atoms with E-state index in [-0.39, 0.29) is 11.9 Å². The van der Waals surface area contributed by atoms with E-state index in [4.69, 9.17) is 22.1 Å². The van der Waals surface area contributed by atoms with E-state index in [1.165, 1.54) is 0 Å². The molecule has 2 fully saturated rings. The predicted molar refractivity (Wildman–Crippen MR) is 86.9 cm³/mol. The van der Waals surface area contributed by atoms with E-state index < -0.39 is 5.41 Å². The quantitative estimate of drug-likeness (QED) is 0.874. The normalized spacial score (nSPS) is 22.1. The molecule has 3 rings (SSSR count). The summed E-state index contributed by atoms with van der Waals surface area (Å²) < 4.78 is 5.48. The second kappa shape index (κ2) is 6.57. The summed E-state index contributed by atoms with van der Waals surface area (Å²) in [6, 6.07) is 7.72. The van der Waals surface area contributed by atoms with Crippen molar-refractivity contribution in [1.29, 1.82) is 0 Å². The summed E-state index contributed by atoms with van der Waals surface area (Å²) in [6.07, 6.45) is 3.63. The van der Waals surface area contributed by atoms with E-state index in [9.17, 15) is 4.79 Å². The molecule has 0 aromatic heterocycles. The van der Waals surface area contributed by atoms with Gasteiger partial charge in [-0.25, -0.2) is 0 Å². The SMILES string of the molecule is NCC(NC(=O)C1(c2ccccc2Cl)CCOCC1)C1CC1. The standard InChI is InChI=1S/C17H23ClN2O2/c18-14-4-2-1-3-13(14)17(7-9-22-10-8-17)16(21)20-15(11-19)12-5-6-12/h1-4,12,15H,5-11,19H2,(H,20,21). The number of halogens is 1. The number of nitrogens with two attached hydrogens (primary N) is 1. The lowest BCUT2D eigenvalue weighted by Gasteiger charge is -2.38. The molecule has 1 aliphatic carbocycles. The molecule has 5 heteroatoms. The molecule has 2 aliphatic rings. The summed E-state index contributed by atoms with van der Waals surface area (Å²) in [5.41, 5.74) is 6.15. The molecule has 1 aromatic rings. The van der Waals surface area contributed by atoms with Crippen LogP contribution in [0.3, 0.4) is 0 Å². The Balaban J connectivity index is 1.88. The molecule has 3 N–H and O–H groups in total. The highest BCUT2D eigenvalue weighted by molar-refractivity contribution is 6.31. The second-order valence-electron chi connectivity index (χ2n) is 6.33. The van der Waals surface area contributed by atoms with E-state index in [2.05, 4.69) is 5.32 Å². The molecule has 1 saturated carbocycles. The smallest absolute Gasteiger partial charge is 0.231 e. The largest absolute Gasteiger partial charge is 0.381 e. The van der Waals surface area contributed by atoms with Gasteiger partial charge in [0.1, 0.15) is 0 Å². The fourth-order valence-electron chi connectivity index (χ4n) is 3.36. The molecule has 1 unspecified atom stereocenters. The third-order valence-corrected chi connectivity index (χ3v) is 5.26. The predicted octanol–water partition coefficient (Wildman–Crippen LogP) is 2.24. The minimum absolute atomic E-state index is 0.0475. The van der Waals surface area contributed by atoms with Crippen molar-refractivity contribution in [2.75, 3.05) is 19.8 Å². The number of ether oxygens (including phenoxy) is 1. The van der Waals surface area contributed by atoms with Crippen molar-refractivity contribution in [3.63, 3.8) is 0 Å². The number of carbonyl (C=O) groups excluding carboxylic acids is 1. The zero-order chi connectivity index (χ0) is 15.6. The molecule has 1 aromatic carbocycles. The lowest BCUT2D eigenvalue weighted by Crippen LogP contribution is -2.53. The molecule has 1 aliphatic heterocycles. The first-order valence-corrected chi connectivity index (χ1v) is 8.39. The molecule has 120 valence electrons. The fraction of sp³-hybridized carbons (Fsp3) is 0.588. The van der Waals surface area contributed by atoms with Gasteiger partial charge < -0.3 is 15.8 Å². The minimum atomic E-state index is -0.598. The van der Waals surface area contributed by atoms with Crippen LogP contribution in [0, 0.1) is 5.92 Å². The van der Waals surface area contributed by atoms with Crippen molar-refractivity contribution in [2.45, 2.75) is 37.1 Å². The zero-order valence-electron chi connectivity index (χ0n) is 12.7. The fourth-order valence-corrected chi connectivity index (χ4v) is 3.68. The highest BCUT2D eigenvalue weighted by atomic mass is 35.5. The Hall–Kier alpha value is -1.10. The van der Waals surface area contributed by atoms with Crippen molar-refractivity contribution in [3.05, 3.63) is 34.9 Å². The monoisotopic (exact) mass is 322 g/mol. The third-order valence-electron chi connectivity index (χ3n) is 4.93. The first-order valence-electron chi connectivity index (χ1n) is 8.01. The van der Waals surface area contributed by atoms with Crippen LogP contribution in [0.25, 0.3) is 0 Å². The Bertz CT molecular complexity index is 539. The summed E-state index contributed by atoms with van der Waals surface area (Å²) in [4.78, 5) is 13.1. The Morgan fingerprint density at radius 2 is 2.05 bits per heavy atom. The zero-order valence-corrected chi connectivity index (χ0v) is 13.4. The molecular weight excluding hydrogens is 300 g/mol. The van der Waals surface area contributed by atoms with Crippen LogP contribution in [-0.2, 0) is 14.9 Å². The molecule has 0 radical (unpaired) electrons. The molecular formula is C17H23ClN2O2. The van der Waals surface area contributed by atoms with E-state index in [1.54, 1.807) is 0 Å².